The van der Waals surface area contributed by atoms with Crippen LogP contribution in [-0.2, 0) is 22.6 Å². The number of H-pyrrole nitrogens is 1. The molecule has 2 amide bonds. The van der Waals surface area contributed by atoms with E-state index in [0.717, 1.165) is 27.7 Å². The molecule has 4 rings (SSSR count). The number of hydrogen-bond acceptors (Lipinski definition) is 3. The molecule has 0 fully saturated rings. The summed E-state index contributed by atoms with van der Waals surface area (Å²) >= 11 is 0. The number of benzene rings is 1. The second kappa shape index (κ2) is 7.07. The normalized spacial score (nSPS) is 13.6. The Hall–Kier alpha value is -3.41. The predicted octanol–water partition coefficient (Wildman–Crippen LogP) is 3.12. The van der Waals surface area contributed by atoms with Gasteiger partial charge in [-0.05, 0) is 47.2 Å². The first-order chi connectivity index (χ1) is 13.1. The zero-order valence-corrected chi connectivity index (χ0v) is 15.0. The van der Waals surface area contributed by atoms with E-state index in [-0.39, 0.29) is 11.8 Å². The molecule has 136 valence electrons. The van der Waals surface area contributed by atoms with Gasteiger partial charge in [-0.15, -0.1) is 0 Å². The summed E-state index contributed by atoms with van der Waals surface area (Å²) < 4.78 is 0. The van der Waals surface area contributed by atoms with Crippen LogP contribution in [0.1, 0.15) is 23.2 Å². The van der Waals surface area contributed by atoms with Crippen LogP contribution in [0.25, 0.3) is 17.0 Å². The molecule has 27 heavy (non-hydrogen) atoms. The van der Waals surface area contributed by atoms with Crippen molar-refractivity contribution in [3.63, 3.8) is 0 Å². The lowest BCUT2D eigenvalue weighted by molar-refractivity contribution is -0.125. The van der Waals surface area contributed by atoms with Crippen molar-refractivity contribution in [2.75, 3.05) is 12.4 Å². The van der Waals surface area contributed by atoms with Gasteiger partial charge in [0.05, 0.1) is 6.54 Å². The van der Waals surface area contributed by atoms with Crippen LogP contribution in [0, 0.1) is 0 Å². The minimum absolute atomic E-state index is 0.00734. The van der Waals surface area contributed by atoms with Gasteiger partial charge in [0, 0.05) is 37.0 Å². The highest BCUT2D eigenvalue weighted by atomic mass is 16.2. The SMILES string of the molecule is CN(Cc1cc2ccccc2[nH]1)C(=O)/C=C/c1cnc2c(c1)CCC(=O)N2. The fourth-order valence-corrected chi connectivity index (χ4v) is 3.21. The van der Waals surface area contributed by atoms with E-state index in [1.54, 1.807) is 30.3 Å². The number of hydrogen-bond donors (Lipinski definition) is 2. The number of pyridine rings is 1. The molecule has 0 bridgehead atoms. The molecule has 0 aliphatic carbocycles. The van der Waals surface area contributed by atoms with Crippen LogP contribution < -0.4 is 5.32 Å². The van der Waals surface area contributed by atoms with Gasteiger partial charge in [-0.25, -0.2) is 4.98 Å². The van der Waals surface area contributed by atoms with Gasteiger partial charge in [0.15, 0.2) is 0 Å². The molecular weight excluding hydrogens is 340 g/mol. The van der Waals surface area contributed by atoms with Gasteiger partial charge in [-0.2, -0.15) is 0 Å². The standard InChI is InChI=1S/C21H20N4O2/c1-25(13-17-11-15-4-2-3-5-18(15)23-17)20(27)9-6-14-10-16-7-8-19(26)24-21(16)22-12-14/h2-6,9-12,23H,7-8,13H2,1H3,(H,22,24,26)/b9-6+. The lowest BCUT2D eigenvalue weighted by atomic mass is 10.0. The second-order valence-corrected chi connectivity index (χ2v) is 6.73. The lowest BCUT2D eigenvalue weighted by Gasteiger charge is -2.16. The van der Waals surface area contributed by atoms with Crippen molar-refractivity contribution in [1.29, 1.82) is 0 Å². The van der Waals surface area contributed by atoms with Crippen molar-refractivity contribution in [3.8, 4) is 0 Å². The Morgan fingerprint density at radius 2 is 2.11 bits per heavy atom. The van der Waals surface area contributed by atoms with Gasteiger partial charge in [0.25, 0.3) is 0 Å². The molecule has 0 atom stereocenters. The Balaban J connectivity index is 1.42. The monoisotopic (exact) mass is 360 g/mol. The van der Waals surface area contributed by atoms with E-state index in [1.165, 1.54) is 0 Å². The summed E-state index contributed by atoms with van der Waals surface area (Å²) in [6, 6.07) is 12.1. The number of carbonyl (C=O) groups excluding carboxylic acids is 2. The van der Waals surface area contributed by atoms with Crippen LogP contribution in [0.3, 0.4) is 0 Å². The van der Waals surface area contributed by atoms with E-state index in [4.69, 9.17) is 0 Å². The smallest absolute Gasteiger partial charge is 0.246 e. The number of amides is 2. The van der Waals surface area contributed by atoms with Gasteiger partial charge < -0.3 is 15.2 Å². The van der Waals surface area contributed by atoms with Gasteiger partial charge >= 0.3 is 0 Å². The number of nitrogens with zero attached hydrogens (tertiary/aromatic N) is 2. The summed E-state index contributed by atoms with van der Waals surface area (Å²) in [5, 5.41) is 3.89. The summed E-state index contributed by atoms with van der Waals surface area (Å²) in [4.78, 5) is 33.1. The third kappa shape index (κ3) is 3.74. The Kier molecular flexibility index (Phi) is 4.46. The van der Waals surface area contributed by atoms with Crippen molar-refractivity contribution in [3.05, 3.63) is 65.5 Å². The third-order valence-corrected chi connectivity index (χ3v) is 4.65. The summed E-state index contributed by atoms with van der Waals surface area (Å²) in [7, 11) is 1.78. The molecule has 3 heterocycles. The molecule has 1 aliphatic rings. The first-order valence-corrected chi connectivity index (χ1v) is 8.87. The molecule has 1 aromatic carbocycles. The number of likely N-dealkylation sites (N-methyl/N-ethyl adjacent to an activating group) is 1. The maximum atomic E-state index is 12.4. The zero-order valence-electron chi connectivity index (χ0n) is 15.0. The lowest BCUT2D eigenvalue weighted by Crippen LogP contribution is -2.24. The van der Waals surface area contributed by atoms with Gasteiger partial charge in [0.2, 0.25) is 11.8 Å². The highest BCUT2D eigenvalue weighted by molar-refractivity contribution is 5.93. The van der Waals surface area contributed by atoms with Crippen molar-refractivity contribution >= 4 is 34.6 Å². The number of para-hydroxylation sites is 1. The topological polar surface area (TPSA) is 78.1 Å². The average molecular weight is 360 g/mol. The number of aryl methyl sites for hydroxylation is 1. The molecule has 2 N–H and O–H groups in total. The molecular formula is C21H20N4O2. The van der Waals surface area contributed by atoms with Crippen LogP contribution in [0.2, 0.25) is 0 Å². The molecule has 0 radical (unpaired) electrons. The Labute approximate surface area is 156 Å². The summed E-state index contributed by atoms with van der Waals surface area (Å²) in [5.41, 5.74) is 3.90. The van der Waals surface area contributed by atoms with Gasteiger partial charge in [0.1, 0.15) is 5.82 Å². The van der Waals surface area contributed by atoms with E-state index in [0.29, 0.717) is 25.2 Å². The zero-order chi connectivity index (χ0) is 18.8. The van der Waals surface area contributed by atoms with Crippen LogP contribution >= 0.6 is 0 Å². The van der Waals surface area contributed by atoms with Crippen molar-refractivity contribution < 1.29 is 9.59 Å². The maximum absolute atomic E-state index is 12.4. The number of aromatic nitrogens is 2. The first-order valence-electron chi connectivity index (χ1n) is 8.87. The molecule has 1 aliphatic heterocycles. The summed E-state index contributed by atoms with van der Waals surface area (Å²) in [6.45, 7) is 0.506. The largest absolute Gasteiger partial charge is 0.357 e. The van der Waals surface area contributed by atoms with E-state index >= 15 is 0 Å². The number of nitrogens with one attached hydrogen (secondary N) is 2. The van der Waals surface area contributed by atoms with Gasteiger partial charge in [-0.1, -0.05) is 18.2 Å². The Morgan fingerprint density at radius 3 is 2.96 bits per heavy atom. The molecule has 6 nitrogen and oxygen atoms in total. The summed E-state index contributed by atoms with van der Waals surface area (Å²) in [5.74, 6) is 0.525. The highest BCUT2D eigenvalue weighted by Crippen LogP contribution is 2.21. The second-order valence-electron chi connectivity index (χ2n) is 6.73. The van der Waals surface area contributed by atoms with Crippen LogP contribution in [-0.4, -0.2) is 33.7 Å². The number of fused-ring (bicyclic) bond motifs is 2. The third-order valence-electron chi connectivity index (χ3n) is 4.65. The van der Waals surface area contributed by atoms with E-state index < -0.39 is 0 Å². The number of carbonyl (C=O) groups is 2. The van der Waals surface area contributed by atoms with E-state index in [9.17, 15) is 9.59 Å². The quantitative estimate of drug-likeness (QED) is 0.702. The fraction of sp³-hybridized carbons (Fsp3) is 0.190. The average Bonchev–Trinajstić information content (AvgIpc) is 3.08. The van der Waals surface area contributed by atoms with Crippen LogP contribution in [0.4, 0.5) is 5.82 Å². The predicted molar refractivity (Wildman–Crippen MR) is 105 cm³/mol. The van der Waals surface area contributed by atoms with E-state index in [1.807, 2.05) is 30.3 Å². The van der Waals surface area contributed by atoms with Crippen LogP contribution in [0.15, 0.2) is 48.7 Å². The molecule has 0 saturated carbocycles. The van der Waals surface area contributed by atoms with E-state index in [2.05, 4.69) is 21.4 Å². The summed E-state index contributed by atoms with van der Waals surface area (Å²) in [6.07, 6.45) is 6.10. The van der Waals surface area contributed by atoms with Crippen molar-refractivity contribution in [2.24, 2.45) is 0 Å². The minimum Gasteiger partial charge on any atom is -0.357 e. The van der Waals surface area contributed by atoms with Crippen LogP contribution in [0.5, 0.6) is 0 Å². The highest BCUT2D eigenvalue weighted by Gasteiger charge is 2.15. The minimum atomic E-state index is -0.0836. The Morgan fingerprint density at radius 1 is 1.26 bits per heavy atom. The molecule has 0 saturated heterocycles. The first kappa shape index (κ1) is 17.0. The Bertz CT molecular complexity index is 1020. The molecule has 0 spiro atoms. The van der Waals surface area contributed by atoms with Gasteiger partial charge in [-0.3, -0.25) is 9.59 Å². The number of aromatic amines is 1. The molecule has 3 aromatic rings. The maximum Gasteiger partial charge on any atom is 0.246 e. The molecule has 6 heteroatoms. The molecule has 2 aromatic heterocycles. The fourth-order valence-electron chi connectivity index (χ4n) is 3.21. The van der Waals surface area contributed by atoms with Crippen molar-refractivity contribution in [2.45, 2.75) is 19.4 Å². The number of anilines is 1. The molecule has 0 unspecified atom stereocenters. The number of rotatable bonds is 4. The van der Waals surface area contributed by atoms with Crippen molar-refractivity contribution in [1.82, 2.24) is 14.9 Å².